The van der Waals surface area contributed by atoms with E-state index < -0.39 is 23.6 Å². The van der Waals surface area contributed by atoms with Crippen LogP contribution >= 0.6 is 0 Å². The number of hydrogen-bond donors (Lipinski definition) is 0. The molecule has 168 valence electrons. The number of imide groups is 1. The van der Waals surface area contributed by atoms with E-state index in [1.54, 1.807) is 24.3 Å². The van der Waals surface area contributed by atoms with E-state index in [-0.39, 0.29) is 17.8 Å². The van der Waals surface area contributed by atoms with Crippen molar-refractivity contribution in [3.05, 3.63) is 53.4 Å². The summed E-state index contributed by atoms with van der Waals surface area (Å²) in [4.78, 5) is 38.3. The van der Waals surface area contributed by atoms with Crippen molar-refractivity contribution in [1.29, 1.82) is 0 Å². The van der Waals surface area contributed by atoms with Gasteiger partial charge in [0.25, 0.3) is 11.8 Å². The summed E-state index contributed by atoms with van der Waals surface area (Å²) in [5, 5.41) is 8.11. The number of carbonyl (C=O) groups is 3. The van der Waals surface area contributed by atoms with Gasteiger partial charge in [0, 0.05) is 17.2 Å². The number of carbonyl (C=O) groups excluding carboxylic acids is 3. The number of anilines is 1. The minimum Gasteiger partial charge on any atom is -0.480 e. The summed E-state index contributed by atoms with van der Waals surface area (Å²) in [6.07, 6.45) is 2.69. The van der Waals surface area contributed by atoms with Crippen LogP contribution in [0.25, 0.3) is 16.7 Å². The van der Waals surface area contributed by atoms with Crippen molar-refractivity contribution in [1.82, 2.24) is 15.0 Å². The third kappa shape index (κ3) is 3.43. The zero-order chi connectivity index (χ0) is 23.1. The van der Waals surface area contributed by atoms with Gasteiger partial charge >= 0.3 is 5.97 Å². The number of halogens is 1. The number of para-hydroxylation sites is 2. The third-order valence-electron chi connectivity index (χ3n) is 5.81. The molecule has 33 heavy (non-hydrogen) atoms. The normalized spacial score (nSPS) is 15.9. The smallest absolute Gasteiger partial charge is 0.343 e. The Kier molecular flexibility index (Phi) is 5.12. The van der Waals surface area contributed by atoms with Crippen LogP contribution < -0.4 is 9.64 Å². The van der Waals surface area contributed by atoms with E-state index in [9.17, 15) is 14.4 Å². The van der Waals surface area contributed by atoms with Gasteiger partial charge in [-0.05, 0) is 43.9 Å². The first-order valence-corrected chi connectivity index (χ1v) is 10.4. The topological polar surface area (TPSA) is 104 Å². The minimum atomic E-state index is -0.744. The number of amides is 2. The van der Waals surface area contributed by atoms with Gasteiger partial charge in [-0.2, -0.15) is 0 Å². The van der Waals surface area contributed by atoms with Gasteiger partial charge in [-0.1, -0.05) is 17.3 Å². The molecule has 1 aliphatic carbocycles. The summed E-state index contributed by atoms with van der Waals surface area (Å²) in [6, 6.07) is 9.32. The average Bonchev–Trinajstić information content (AvgIpc) is 3.35. The fourth-order valence-corrected chi connectivity index (χ4v) is 4.19. The fraction of sp³-hybridized carbons (Fsp3) is 0.261. The zero-order valence-electron chi connectivity index (χ0n) is 17.7. The highest BCUT2D eigenvalue weighted by molar-refractivity contribution is 6.33. The van der Waals surface area contributed by atoms with Gasteiger partial charge in [-0.3, -0.25) is 9.59 Å². The van der Waals surface area contributed by atoms with Crippen molar-refractivity contribution < 1.29 is 28.2 Å². The van der Waals surface area contributed by atoms with Crippen LogP contribution in [0.15, 0.2) is 47.5 Å². The maximum atomic E-state index is 15.0. The van der Waals surface area contributed by atoms with Gasteiger partial charge in [0.2, 0.25) is 0 Å². The molecule has 0 atom stereocenters. The Morgan fingerprint density at radius 1 is 1.06 bits per heavy atom. The van der Waals surface area contributed by atoms with Crippen molar-refractivity contribution in [2.75, 3.05) is 18.6 Å². The summed E-state index contributed by atoms with van der Waals surface area (Å²) in [5.74, 6) is -1.93. The highest BCUT2D eigenvalue weighted by Gasteiger charge is 2.41. The molecule has 0 saturated carbocycles. The first kappa shape index (κ1) is 20.8. The van der Waals surface area contributed by atoms with Gasteiger partial charge in [0.1, 0.15) is 22.8 Å². The lowest BCUT2D eigenvalue weighted by Crippen LogP contribution is -2.32. The molecule has 2 aliphatic rings. The maximum absolute atomic E-state index is 15.0. The summed E-state index contributed by atoms with van der Waals surface area (Å²) < 4.78 is 26.6. The van der Waals surface area contributed by atoms with Gasteiger partial charge in [0.05, 0.1) is 18.3 Å². The summed E-state index contributed by atoms with van der Waals surface area (Å²) in [7, 11) is 1.26. The summed E-state index contributed by atoms with van der Waals surface area (Å²) in [6.45, 7) is -0.311. The molecule has 2 heterocycles. The number of aromatic nitrogens is 3. The lowest BCUT2D eigenvalue weighted by atomic mass is 9.93. The number of hydrogen-bond acceptors (Lipinski definition) is 7. The van der Waals surface area contributed by atoms with Crippen LogP contribution in [0.2, 0.25) is 0 Å². The molecule has 0 saturated heterocycles. The van der Waals surface area contributed by atoms with Crippen LogP contribution in [0.1, 0.15) is 25.7 Å². The Morgan fingerprint density at radius 3 is 2.45 bits per heavy atom. The second kappa shape index (κ2) is 8.12. The first-order chi connectivity index (χ1) is 16.0. The number of nitrogens with zero attached hydrogens (tertiary/aromatic N) is 4. The number of methoxy groups -OCH3 is 1. The fourth-order valence-electron chi connectivity index (χ4n) is 4.19. The molecule has 10 heteroatoms. The van der Waals surface area contributed by atoms with Crippen LogP contribution in [0, 0.1) is 5.82 Å². The Bertz CT molecular complexity index is 1320. The minimum absolute atomic E-state index is 0.150. The molecule has 0 N–H and O–H groups in total. The molecule has 0 unspecified atom stereocenters. The van der Waals surface area contributed by atoms with E-state index in [0.717, 1.165) is 23.8 Å². The third-order valence-corrected chi connectivity index (χ3v) is 5.81. The van der Waals surface area contributed by atoms with E-state index in [1.165, 1.54) is 17.9 Å². The van der Waals surface area contributed by atoms with E-state index in [1.807, 2.05) is 0 Å². The Morgan fingerprint density at radius 2 is 1.76 bits per heavy atom. The first-order valence-electron chi connectivity index (χ1n) is 10.4. The van der Waals surface area contributed by atoms with Gasteiger partial charge in [-0.15, -0.1) is 5.10 Å². The number of fused-ring (bicyclic) bond motifs is 1. The second-order valence-corrected chi connectivity index (χ2v) is 7.74. The lowest BCUT2D eigenvalue weighted by molar-refractivity contribution is -0.142. The Labute approximate surface area is 187 Å². The van der Waals surface area contributed by atoms with Crippen molar-refractivity contribution in [3.63, 3.8) is 0 Å². The van der Waals surface area contributed by atoms with E-state index in [4.69, 9.17) is 4.74 Å². The standard InChI is InChI=1S/C23H19FN4O5/c1-32-21(29)12-33-20-9-5-4-8-17(20)28-19-11-18(15(24)10-16(19)25-26-28)27-22(30)13-6-2-3-7-14(13)23(27)31/h4-5,8-11H,2-3,6-7,12H2,1H3. The van der Waals surface area contributed by atoms with E-state index in [0.29, 0.717) is 40.9 Å². The van der Waals surface area contributed by atoms with Gasteiger partial charge < -0.3 is 9.47 Å². The van der Waals surface area contributed by atoms with Crippen molar-refractivity contribution in [2.24, 2.45) is 0 Å². The molecule has 0 radical (unpaired) electrons. The highest BCUT2D eigenvalue weighted by atomic mass is 19.1. The zero-order valence-corrected chi connectivity index (χ0v) is 17.7. The van der Waals surface area contributed by atoms with Crippen molar-refractivity contribution in [3.8, 4) is 11.4 Å². The predicted molar refractivity (Wildman–Crippen MR) is 114 cm³/mol. The Hall–Kier alpha value is -4.08. The molecular weight excluding hydrogens is 431 g/mol. The molecular formula is C23H19FN4O5. The van der Waals surface area contributed by atoms with E-state index in [2.05, 4.69) is 15.0 Å². The van der Waals surface area contributed by atoms with Crippen LogP contribution in [0.3, 0.4) is 0 Å². The van der Waals surface area contributed by atoms with Crippen LogP contribution in [0.4, 0.5) is 10.1 Å². The summed E-state index contributed by atoms with van der Waals surface area (Å²) in [5.41, 5.74) is 1.83. The maximum Gasteiger partial charge on any atom is 0.343 e. The van der Waals surface area contributed by atoms with Crippen molar-refractivity contribution in [2.45, 2.75) is 25.7 Å². The number of benzene rings is 2. The summed E-state index contributed by atoms with van der Waals surface area (Å²) >= 11 is 0. The molecule has 0 spiro atoms. The molecule has 0 fully saturated rings. The lowest BCUT2D eigenvalue weighted by Gasteiger charge is -2.16. The number of rotatable bonds is 5. The molecule has 5 rings (SSSR count). The molecule has 1 aromatic heterocycles. The molecule has 0 bridgehead atoms. The molecule has 2 amide bonds. The quantitative estimate of drug-likeness (QED) is 0.435. The molecule has 1 aliphatic heterocycles. The van der Waals surface area contributed by atoms with E-state index >= 15 is 4.39 Å². The van der Waals surface area contributed by atoms with Gasteiger partial charge in [-0.25, -0.2) is 18.8 Å². The second-order valence-electron chi connectivity index (χ2n) is 7.74. The van der Waals surface area contributed by atoms with Crippen LogP contribution in [0.5, 0.6) is 5.75 Å². The monoisotopic (exact) mass is 450 g/mol. The largest absolute Gasteiger partial charge is 0.480 e. The molecule has 2 aromatic carbocycles. The number of ether oxygens (including phenoxy) is 2. The molecule has 9 nitrogen and oxygen atoms in total. The highest BCUT2D eigenvalue weighted by Crippen LogP contribution is 2.38. The predicted octanol–water partition coefficient (Wildman–Crippen LogP) is 2.86. The van der Waals surface area contributed by atoms with Crippen LogP contribution in [-0.4, -0.2) is 46.5 Å². The van der Waals surface area contributed by atoms with Crippen molar-refractivity contribution >= 4 is 34.5 Å². The average molecular weight is 450 g/mol. The van der Waals surface area contributed by atoms with Gasteiger partial charge in [0.15, 0.2) is 6.61 Å². The molecule has 3 aromatic rings. The van der Waals surface area contributed by atoms with Crippen LogP contribution in [-0.2, 0) is 19.1 Å². The Balaban J connectivity index is 1.57. The SMILES string of the molecule is COC(=O)COc1ccccc1-n1nnc2cc(F)c(N3C(=O)C4=C(CCCC4)C3=O)cc21. The number of esters is 1.